The fourth-order valence-corrected chi connectivity index (χ4v) is 5.90. The summed E-state index contributed by atoms with van der Waals surface area (Å²) in [6.45, 7) is 0. The van der Waals surface area contributed by atoms with E-state index in [-0.39, 0.29) is 22.3 Å². The number of phenols is 1. The highest BCUT2D eigenvalue weighted by atomic mass is 16.4. The van der Waals surface area contributed by atoms with Crippen LogP contribution in [0.1, 0.15) is 38.3 Å². The van der Waals surface area contributed by atoms with E-state index < -0.39 is 82.5 Å². The number of rotatable bonds is 3. The standard InChI is InChI=1S/C27H23NO10/c28-25(35)19-16(30)9-14-21(31)18-13(8-10-4-6-11(7-5-10)26(36)37)12-2-1-3-15(29)17(12)22(32)20(18)24(34)27(14,38)23(19)33/h1-8,14,18-19,21,23,29,31,33-34,38H,9H2,(H2,28,35)(H,36,37)/b13-8+/t14-,18-,19?,21-,23?,27-/m1/s1. The van der Waals surface area contributed by atoms with Gasteiger partial charge in [0.2, 0.25) is 5.91 Å². The van der Waals surface area contributed by atoms with Gasteiger partial charge in [0.1, 0.15) is 29.3 Å². The van der Waals surface area contributed by atoms with Crippen LogP contribution in [-0.2, 0) is 9.59 Å². The minimum Gasteiger partial charge on any atom is -0.509 e. The van der Waals surface area contributed by atoms with Gasteiger partial charge in [0.25, 0.3) is 0 Å². The smallest absolute Gasteiger partial charge is 0.335 e. The van der Waals surface area contributed by atoms with Crippen LogP contribution in [0.5, 0.6) is 5.75 Å². The van der Waals surface area contributed by atoms with Gasteiger partial charge in [-0.3, -0.25) is 14.4 Å². The largest absolute Gasteiger partial charge is 0.509 e. The Balaban J connectivity index is 1.77. The maximum Gasteiger partial charge on any atom is 0.335 e. The van der Waals surface area contributed by atoms with Gasteiger partial charge in [0.15, 0.2) is 11.4 Å². The van der Waals surface area contributed by atoms with Crippen LogP contribution in [0.4, 0.5) is 0 Å². The van der Waals surface area contributed by atoms with Gasteiger partial charge in [-0.1, -0.05) is 30.3 Å². The average Bonchev–Trinajstić information content (AvgIpc) is 2.86. The highest BCUT2D eigenvalue weighted by Gasteiger charge is 2.65. The number of phenolic OH excluding ortho intramolecular Hbond substituents is 1. The van der Waals surface area contributed by atoms with Gasteiger partial charge in [-0.2, -0.15) is 0 Å². The Morgan fingerprint density at radius 3 is 2.29 bits per heavy atom. The lowest BCUT2D eigenvalue weighted by atomic mass is 9.55. The van der Waals surface area contributed by atoms with E-state index in [1.165, 1.54) is 48.5 Å². The molecule has 0 saturated heterocycles. The van der Waals surface area contributed by atoms with Crippen molar-refractivity contribution in [3.05, 3.63) is 76.1 Å². The van der Waals surface area contributed by atoms with Crippen LogP contribution < -0.4 is 5.73 Å². The Labute approximate surface area is 214 Å². The molecule has 1 saturated carbocycles. The normalized spacial score (nSPS) is 31.4. The second-order valence-corrected chi connectivity index (χ2v) is 9.71. The van der Waals surface area contributed by atoms with Gasteiger partial charge < -0.3 is 36.4 Å². The summed E-state index contributed by atoms with van der Waals surface area (Å²) in [7, 11) is 0. The molecule has 0 spiro atoms. The lowest BCUT2D eigenvalue weighted by molar-refractivity contribution is -0.192. The Kier molecular flexibility index (Phi) is 5.75. The molecule has 11 heteroatoms. The van der Waals surface area contributed by atoms with Crippen LogP contribution in [0.25, 0.3) is 11.6 Å². The number of aromatic carboxylic acids is 1. The molecule has 2 aromatic carbocycles. The van der Waals surface area contributed by atoms with E-state index in [1.807, 2.05) is 0 Å². The van der Waals surface area contributed by atoms with E-state index in [0.717, 1.165) is 0 Å². The number of hydrogen-bond donors (Lipinski definition) is 7. The summed E-state index contributed by atoms with van der Waals surface area (Å²) in [6.07, 6.45) is -3.06. The summed E-state index contributed by atoms with van der Waals surface area (Å²) in [5, 5.41) is 64.9. The molecule has 6 atom stereocenters. The predicted octanol–water partition coefficient (Wildman–Crippen LogP) is 0.413. The highest BCUT2D eigenvalue weighted by Crippen LogP contribution is 2.55. The maximum absolute atomic E-state index is 13.6. The first kappa shape index (κ1) is 25.3. The number of amides is 1. The van der Waals surface area contributed by atoms with Gasteiger partial charge in [-0.25, -0.2) is 4.79 Å². The number of carbonyl (C=O) groups is 4. The lowest BCUT2D eigenvalue weighted by Gasteiger charge is -2.52. The average molecular weight is 521 g/mol. The fourth-order valence-electron chi connectivity index (χ4n) is 5.90. The second kappa shape index (κ2) is 8.62. The zero-order chi connectivity index (χ0) is 27.7. The molecule has 196 valence electrons. The van der Waals surface area contributed by atoms with E-state index in [4.69, 9.17) is 5.73 Å². The summed E-state index contributed by atoms with van der Waals surface area (Å²) < 4.78 is 0. The first-order valence-corrected chi connectivity index (χ1v) is 11.7. The quantitative estimate of drug-likeness (QED) is 0.276. The minimum atomic E-state index is -2.76. The molecule has 2 aromatic rings. The molecule has 2 unspecified atom stereocenters. The van der Waals surface area contributed by atoms with Crippen molar-refractivity contribution in [3.63, 3.8) is 0 Å². The van der Waals surface area contributed by atoms with Gasteiger partial charge in [0.05, 0.1) is 22.8 Å². The Morgan fingerprint density at radius 1 is 1.03 bits per heavy atom. The number of aliphatic hydroxyl groups excluding tert-OH is 3. The van der Waals surface area contributed by atoms with Crippen molar-refractivity contribution in [2.45, 2.75) is 24.2 Å². The number of fused-ring (bicyclic) bond motifs is 3. The predicted molar refractivity (Wildman–Crippen MR) is 130 cm³/mol. The first-order chi connectivity index (χ1) is 17.9. The van der Waals surface area contributed by atoms with Crippen LogP contribution >= 0.6 is 0 Å². The molecular weight excluding hydrogens is 498 g/mol. The number of aromatic hydroxyl groups is 1. The molecule has 5 rings (SSSR count). The van der Waals surface area contributed by atoms with Gasteiger partial charge in [0, 0.05) is 18.3 Å². The molecule has 1 fully saturated rings. The molecule has 8 N–H and O–H groups in total. The number of carboxylic acid groups (broad SMARTS) is 1. The number of nitrogens with two attached hydrogens (primary N) is 1. The zero-order valence-corrected chi connectivity index (χ0v) is 19.6. The van der Waals surface area contributed by atoms with E-state index in [2.05, 4.69) is 0 Å². The number of hydrogen-bond acceptors (Lipinski definition) is 9. The number of primary amides is 1. The van der Waals surface area contributed by atoms with Crippen LogP contribution in [-0.4, -0.2) is 71.9 Å². The third-order valence-corrected chi connectivity index (χ3v) is 7.75. The summed E-state index contributed by atoms with van der Waals surface area (Å²) in [5.74, 6) is -10.3. The van der Waals surface area contributed by atoms with Gasteiger partial charge >= 0.3 is 5.97 Å². The second-order valence-electron chi connectivity index (χ2n) is 9.71. The summed E-state index contributed by atoms with van der Waals surface area (Å²) in [6, 6.07) is 9.86. The van der Waals surface area contributed by atoms with Crippen LogP contribution in [0.15, 0.2) is 53.8 Å². The van der Waals surface area contributed by atoms with E-state index in [0.29, 0.717) is 5.56 Å². The van der Waals surface area contributed by atoms with Crippen molar-refractivity contribution in [1.82, 2.24) is 0 Å². The number of aliphatic hydroxyl groups is 4. The molecule has 0 radical (unpaired) electrons. The van der Waals surface area contributed by atoms with Crippen molar-refractivity contribution in [3.8, 4) is 5.75 Å². The van der Waals surface area contributed by atoms with Crippen LogP contribution in [0.3, 0.4) is 0 Å². The van der Waals surface area contributed by atoms with Crippen LogP contribution in [0.2, 0.25) is 0 Å². The number of carbonyl (C=O) groups excluding carboxylic acids is 3. The van der Waals surface area contributed by atoms with Crippen molar-refractivity contribution in [1.29, 1.82) is 0 Å². The van der Waals surface area contributed by atoms with Gasteiger partial charge in [-0.05, 0) is 34.9 Å². The highest BCUT2D eigenvalue weighted by molar-refractivity contribution is 6.19. The Bertz CT molecular complexity index is 1470. The number of Topliss-reactive ketones (excluding diaryl/α,β-unsaturated/α-hetero) is 2. The fraction of sp³-hybridized carbons (Fsp3) is 0.259. The topological polar surface area (TPSA) is 216 Å². The Morgan fingerprint density at radius 2 is 1.68 bits per heavy atom. The Hall–Kier alpha value is -4.32. The van der Waals surface area contributed by atoms with Crippen LogP contribution in [0, 0.1) is 17.8 Å². The summed E-state index contributed by atoms with van der Waals surface area (Å²) in [4.78, 5) is 49.4. The van der Waals surface area contributed by atoms with E-state index >= 15 is 0 Å². The third kappa shape index (κ3) is 3.40. The molecule has 3 aliphatic carbocycles. The maximum atomic E-state index is 13.6. The van der Waals surface area contributed by atoms with Crippen molar-refractivity contribution < 1.29 is 49.8 Å². The van der Waals surface area contributed by atoms with Crippen molar-refractivity contribution in [2.24, 2.45) is 23.5 Å². The lowest BCUT2D eigenvalue weighted by Crippen LogP contribution is -2.67. The summed E-state index contributed by atoms with van der Waals surface area (Å²) in [5.41, 5.74) is 2.65. The van der Waals surface area contributed by atoms with E-state index in [1.54, 1.807) is 0 Å². The molecule has 38 heavy (non-hydrogen) atoms. The molecule has 3 aliphatic rings. The minimum absolute atomic E-state index is 0.0173. The van der Waals surface area contributed by atoms with Crippen molar-refractivity contribution >= 4 is 35.1 Å². The first-order valence-electron chi connectivity index (χ1n) is 11.7. The molecule has 0 aliphatic heterocycles. The number of carboxylic acids is 1. The monoisotopic (exact) mass is 521 g/mol. The zero-order valence-electron chi connectivity index (χ0n) is 19.6. The number of benzene rings is 2. The molecule has 1 amide bonds. The molecule has 0 bridgehead atoms. The molecule has 0 heterocycles. The number of ketones is 2. The van der Waals surface area contributed by atoms with Crippen molar-refractivity contribution in [2.75, 3.05) is 0 Å². The SMILES string of the molecule is NC(=O)C1C(=O)C[C@@H]2[C@@H](O)[C@H]3C(=C(O)[C@]2(O)C1O)C(=O)c1c(O)cccc1/C3=C\c1ccc(C(=O)O)cc1. The molecule has 11 nitrogen and oxygen atoms in total. The molecule has 0 aromatic heterocycles. The van der Waals surface area contributed by atoms with Gasteiger partial charge in [-0.15, -0.1) is 0 Å². The molecular formula is C27H23NO10. The third-order valence-electron chi connectivity index (χ3n) is 7.75. The van der Waals surface area contributed by atoms with E-state index in [9.17, 15) is 49.8 Å². The summed E-state index contributed by atoms with van der Waals surface area (Å²) >= 11 is 0.